The maximum absolute atomic E-state index is 6.62. The number of aromatic amines is 2. The molecular weight excluding hydrogens is 502 g/mol. The van der Waals surface area contributed by atoms with E-state index in [1.165, 1.54) is 0 Å². The van der Waals surface area contributed by atoms with E-state index in [1.807, 2.05) is 68.7 Å². The quantitative estimate of drug-likeness (QED) is 0.223. The summed E-state index contributed by atoms with van der Waals surface area (Å²) < 4.78 is 6.01. The smallest absolute Gasteiger partial charge is 0.181 e. The van der Waals surface area contributed by atoms with E-state index >= 15 is 0 Å². The van der Waals surface area contributed by atoms with E-state index in [4.69, 9.17) is 21.3 Å². The normalized spacial score (nSPS) is 14.7. The number of amidine groups is 1. The third-order valence-corrected chi connectivity index (χ3v) is 6.70. The molecular formula is C27H30ClN9O. The average molecular weight is 532 g/mol. The highest BCUT2D eigenvalue weighted by molar-refractivity contribution is 6.37. The number of hydrogen-bond acceptors (Lipinski definition) is 7. The van der Waals surface area contributed by atoms with Crippen molar-refractivity contribution in [3.8, 4) is 5.75 Å². The van der Waals surface area contributed by atoms with Crippen LogP contribution in [0, 0.1) is 13.8 Å². The predicted molar refractivity (Wildman–Crippen MR) is 154 cm³/mol. The van der Waals surface area contributed by atoms with E-state index < -0.39 is 0 Å². The van der Waals surface area contributed by atoms with Crippen molar-refractivity contribution in [2.75, 3.05) is 43.1 Å². The van der Waals surface area contributed by atoms with Gasteiger partial charge < -0.3 is 24.8 Å². The minimum absolute atomic E-state index is 0.0942. The van der Waals surface area contributed by atoms with Crippen molar-refractivity contribution in [1.29, 1.82) is 0 Å². The number of H-pyrrole nitrogens is 2. The molecule has 3 N–H and O–H groups in total. The van der Waals surface area contributed by atoms with Gasteiger partial charge in [0.1, 0.15) is 17.4 Å². The number of nitrogens with one attached hydrogen (secondary N) is 3. The first-order valence-corrected chi connectivity index (χ1v) is 12.7. The summed E-state index contributed by atoms with van der Waals surface area (Å²) >= 11 is 6.62. The van der Waals surface area contributed by atoms with Crippen LogP contribution < -0.4 is 15.0 Å². The maximum Gasteiger partial charge on any atom is 0.181 e. The second-order valence-corrected chi connectivity index (χ2v) is 9.39. The number of piperazine rings is 1. The van der Waals surface area contributed by atoms with Crippen molar-refractivity contribution >= 4 is 46.6 Å². The van der Waals surface area contributed by atoms with Crippen LogP contribution in [0.2, 0.25) is 5.02 Å². The summed E-state index contributed by atoms with van der Waals surface area (Å²) in [6, 6.07) is 11.8. The minimum Gasteiger partial charge on any atom is -0.470 e. The zero-order valence-corrected chi connectivity index (χ0v) is 22.2. The van der Waals surface area contributed by atoms with Gasteiger partial charge in [0.15, 0.2) is 12.5 Å². The molecule has 0 unspecified atom stereocenters. The standard InChI is InChI=1S/C27H30ClN9O/c1-18-14-21-22(32-18)4-5-23(27(21)28)38-17-31-26(16-24(29-3)33-25-15-19(2)34-35-25)37-12-10-36(11-13-37)20-6-8-30-9-7-20/h4-9,14-16,32H,3,10-13,17H2,1-2H3,(H2,33,34,35)/b24-16+,31-26+. The number of anilines is 2. The van der Waals surface area contributed by atoms with E-state index in [2.05, 4.69) is 47.0 Å². The number of aryl methyl sites for hydroxylation is 2. The second kappa shape index (κ2) is 11.4. The first kappa shape index (κ1) is 25.3. The van der Waals surface area contributed by atoms with Crippen molar-refractivity contribution in [3.63, 3.8) is 0 Å². The van der Waals surface area contributed by atoms with E-state index in [9.17, 15) is 0 Å². The largest absolute Gasteiger partial charge is 0.470 e. The summed E-state index contributed by atoms with van der Waals surface area (Å²) in [7, 11) is 0. The highest BCUT2D eigenvalue weighted by Crippen LogP contribution is 2.33. The number of halogens is 1. The van der Waals surface area contributed by atoms with Gasteiger partial charge in [0.05, 0.1) is 5.02 Å². The Hall–Kier alpha value is -4.31. The zero-order valence-electron chi connectivity index (χ0n) is 21.4. The molecule has 0 aliphatic carbocycles. The molecule has 1 aliphatic rings. The zero-order chi connectivity index (χ0) is 26.5. The molecule has 38 heavy (non-hydrogen) atoms. The Labute approximate surface area is 226 Å². The Morgan fingerprint density at radius 3 is 2.63 bits per heavy atom. The predicted octanol–water partition coefficient (Wildman–Crippen LogP) is 4.77. The Morgan fingerprint density at radius 1 is 1.13 bits per heavy atom. The van der Waals surface area contributed by atoms with Crippen LogP contribution in [0.1, 0.15) is 11.4 Å². The maximum atomic E-state index is 6.62. The lowest BCUT2D eigenvalue weighted by Gasteiger charge is -2.37. The molecule has 3 aromatic heterocycles. The van der Waals surface area contributed by atoms with Gasteiger partial charge in [-0.2, -0.15) is 5.10 Å². The lowest BCUT2D eigenvalue weighted by atomic mass is 10.2. The molecule has 1 aromatic carbocycles. The van der Waals surface area contributed by atoms with Crippen molar-refractivity contribution in [3.05, 3.63) is 77.1 Å². The van der Waals surface area contributed by atoms with Gasteiger partial charge in [0, 0.05) is 78.7 Å². The van der Waals surface area contributed by atoms with E-state index in [-0.39, 0.29) is 6.73 Å². The van der Waals surface area contributed by atoms with Crippen LogP contribution in [-0.4, -0.2) is 70.5 Å². The number of ether oxygens (including phenoxy) is 1. The molecule has 0 amide bonds. The Balaban J connectivity index is 1.35. The van der Waals surface area contributed by atoms with Gasteiger partial charge in [-0.1, -0.05) is 11.6 Å². The van der Waals surface area contributed by atoms with Gasteiger partial charge in [0.2, 0.25) is 0 Å². The molecule has 1 fully saturated rings. The number of hydrogen-bond donors (Lipinski definition) is 3. The Morgan fingerprint density at radius 2 is 1.92 bits per heavy atom. The fourth-order valence-corrected chi connectivity index (χ4v) is 4.68. The monoisotopic (exact) mass is 531 g/mol. The fraction of sp³-hybridized carbons (Fsp3) is 0.259. The van der Waals surface area contributed by atoms with Crippen LogP contribution in [0.5, 0.6) is 5.75 Å². The van der Waals surface area contributed by atoms with Crippen molar-refractivity contribution in [1.82, 2.24) is 25.1 Å². The van der Waals surface area contributed by atoms with Crippen LogP contribution in [0.25, 0.3) is 10.9 Å². The number of aliphatic imine (C=N–C) groups is 2. The number of aromatic nitrogens is 4. The van der Waals surface area contributed by atoms with Gasteiger partial charge in [-0.3, -0.25) is 10.1 Å². The van der Waals surface area contributed by atoms with Crippen LogP contribution >= 0.6 is 11.6 Å². The summed E-state index contributed by atoms with van der Waals surface area (Å²) in [6.07, 6.45) is 5.50. The lowest BCUT2D eigenvalue weighted by Crippen LogP contribution is -2.48. The molecule has 11 heteroatoms. The molecule has 0 spiro atoms. The Kier molecular flexibility index (Phi) is 7.60. The summed E-state index contributed by atoms with van der Waals surface area (Å²) in [5.41, 5.74) is 4.11. The third-order valence-electron chi connectivity index (χ3n) is 6.31. The number of fused-ring (bicyclic) bond motifs is 1. The van der Waals surface area contributed by atoms with Gasteiger partial charge in [-0.05, 0) is 50.9 Å². The lowest BCUT2D eigenvalue weighted by molar-refractivity contribution is 0.324. The summed E-state index contributed by atoms with van der Waals surface area (Å²) in [4.78, 5) is 20.9. The van der Waals surface area contributed by atoms with E-state index in [0.29, 0.717) is 22.4 Å². The highest BCUT2D eigenvalue weighted by atomic mass is 35.5. The first-order chi connectivity index (χ1) is 18.5. The highest BCUT2D eigenvalue weighted by Gasteiger charge is 2.20. The molecule has 0 radical (unpaired) electrons. The molecule has 4 heterocycles. The number of benzene rings is 1. The first-order valence-electron chi connectivity index (χ1n) is 12.3. The van der Waals surface area contributed by atoms with Crippen molar-refractivity contribution in [2.24, 2.45) is 9.98 Å². The van der Waals surface area contributed by atoms with Crippen LogP contribution in [0.3, 0.4) is 0 Å². The van der Waals surface area contributed by atoms with E-state index in [0.717, 1.165) is 60.0 Å². The average Bonchev–Trinajstić information content (AvgIpc) is 3.53. The van der Waals surface area contributed by atoms with Gasteiger partial charge in [-0.25, -0.2) is 9.98 Å². The summed E-state index contributed by atoms with van der Waals surface area (Å²) in [5.74, 6) is 2.51. The molecule has 4 aromatic rings. The SMILES string of the molecule is C=N/C(=C\C(=N/COc1ccc2[nH]c(C)cc2c1Cl)N1CCN(c2ccncc2)CC1)Nc1cc(C)[nH]n1. The number of rotatable bonds is 8. The summed E-state index contributed by atoms with van der Waals surface area (Å²) in [5, 5.41) is 11.8. The van der Waals surface area contributed by atoms with Crippen LogP contribution in [-0.2, 0) is 0 Å². The second-order valence-electron chi connectivity index (χ2n) is 9.01. The third kappa shape index (κ3) is 5.81. The topological polar surface area (TPSA) is 110 Å². The van der Waals surface area contributed by atoms with Gasteiger partial charge in [-0.15, -0.1) is 0 Å². The van der Waals surface area contributed by atoms with Crippen molar-refractivity contribution < 1.29 is 4.74 Å². The number of pyridine rings is 1. The molecule has 0 atom stereocenters. The minimum atomic E-state index is 0.0942. The Bertz CT molecular complexity index is 1470. The molecule has 1 aliphatic heterocycles. The molecule has 196 valence electrons. The van der Waals surface area contributed by atoms with Crippen molar-refractivity contribution in [2.45, 2.75) is 13.8 Å². The van der Waals surface area contributed by atoms with Gasteiger partial charge >= 0.3 is 0 Å². The molecule has 0 saturated carbocycles. The number of nitrogens with zero attached hydrogens (tertiary/aromatic N) is 6. The molecule has 1 saturated heterocycles. The van der Waals surface area contributed by atoms with Gasteiger partial charge in [0.25, 0.3) is 0 Å². The van der Waals surface area contributed by atoms with Crippen LogP contribution in [0.15, 0.2) is 70.7 Å². The molecule has 5 rings (SSSR count). The fourth-order valence-electron chi connectivity index (χ4n) is 4.41. The summed E-state index contributed by atoms with van der Waals surface area (Å²) in [6.45, 7) is 11.0. The molecule has 10 nitrogen and oxygen atoms in total. The molecule has 0 bridgehead atoms. The van der Waals surface area contributed by atoms with E-state index in [1.54, 1.807) is 0 Å². The van der Waals surface area contributed by atoms with Crippen LogP contribution in [0.4, 0.5) is 11.5 Å².